The molecule has 0 saturated heterocycles. The van der Waals surface area contributed by atoms with Gasteiger partial charge >= 0.3 is 5.97 Å². The highest BCUT2D eigenvalue weighted by Gasteiger charge is 2.09. The van der Waals surface area contributed by atoms with Crippen molar-refractivity contribution in [3.05, 3.63) is 53.5 Å². The number of hydrogen-bond acceptors (Lipinski definition) is 3. The van der Waals surface area contributed by atoms with Crippen molar-refractivity contribution < 1.29 is 14.3 Å². The Morgan fingerprint density at radius 2 is 2.22 bits per heavy atom. The summed E-state index contributed by atoms with van der Waals surface area (Å²) in [5.74, 6) is -0.0364. The Bertz CT molecular complexity index is 532. The van der Waals surface area contributed by atoms with Crippen molar-refractivity contribution in [1.82, 2.24) is 0 Å². The molecule has 4 nitrogen and oxygen atoms in total. The maximum absolute atomic E-state index is 11.1. The van der Waals surface area contributed by atoms with Crippen LogP contribution in [0.5, 0.6) is 0 Å². The molecule has 0 saturated carbocycles. The molecule has 94 valence electrons. The van der Waals surface area contributed by atoms with Gasteiger partial charge < -0.3 is 14.8 Å². The molecule has 1 aromatic carbocycles. The Morgan fingerprint density at radius 1 is 1.39 bits per heavy atom. The molecule has 2 rings (SSSR count). The third-order valence-corrected chi connectivity index (χ3v) is 2.67. The molecule has 2 aromatic rings. The maximum atomic E-state index is 11.1. The van der Waals surface area contributed by atoms with Gasteiger partial charge in [-0.1, -0.05) is 11.6 Å². The molecule has 1 aromatic heterocycles. The van der Waals surface area contributed by atoms with Gasteiger partial charge in [0.05, 0.1) is 11.8 Å². The van der Waals surface area contributed by atoms with E-state index in [2.05, 4.69) is 5.32 Å². The van der Waals surface area contributed by atoms with Gasteiger partial charge in [0.25, 0.3) is 0 Å². The van der Waals surface area contributed by atoms with E-state index in [9.17, 15) is 4.79 Å². The van der Waals surface area contributed by atoms with E-state index in [-0.39, 0.29) is 0 Å². The topological polar surface area (TPSA) is 62.5 Å². The number of rotatable bonds is 5. The Morgan fingerprint density at radius 3 is 2.89 bits per heavy atom. The maximum Gasteiger partial charge on any atom is 0.337 e. The number of furan rings is 1. The van der Waals surface area contributed by atoms with Crippen LogP contribution >= 0.6 is 0 Å². The summed E-state index contributed by atoms with van der Waals surface area (Å²) in [6, 6.07) is 9.08. The van der Waals surface area contributed by atoms with Crippen molar-refractivity contribution in [1.29, 1.82) is 0 Å². The van der Waals surface area contributed by atoms with Gasteiger partial charge in [-0.05, 0) is 31.2 Å². The highest BCUT2D eigenvalue weighted by Crippen LogP contribution is 2.17. The number of aromatic carboxylic acids is 1. The zero-order valence-corrected chi connectivity index (χ0v) is 10.1. The van der Waals surface area contributed by atoms with Crippen LogP contribution in [0.4, 0.5) is 5.69 Å². The highest BCUT2D eigenvalue weighted by atomic mass is 16.4. The molecule has 0 aliphatic heterocycles. The molecule has 2 N–H and O–H groups in total. The Labute approximate surface area is 105 Å². The van der Waals surface area contributed by atoms with Gasteiger partial charge in [0.2, 0.25) is 0 Å². The van der Waals surface area contributed by atoms with Crippen LogP contribution in [0, 0.1) is 6.92 Å². The minimum Gasteiger partial charge on any atom is -0.478 e. The van der Waals surface area contributed by atoms with Crippen molar-refractivity contribution in [3.63, 3.8) is 0 Å². The number of benzene rings is 1. The van der Waals surface area contributed by atoms with Gasteiger partial charge in [-0.25, -0.2) is 4.79 Å². The molecule has 0 radical (unpaired) electrons. The van der Waals surface area contributed by atoms with Gasteiger partial charge in [0.1, 0.15) is 5.76 Å². The fourth-order valence-corrected chi connectivity index (χ4v) is 1.76. The second-order valence-electron chi connectivity index (χ2n) is 4.11. The fourth-order valence-electron chi connectivity index (χ4n) is 1.76. The van der Waals surface area contributed by atoms with Crippen LogP contribution < -0.4 is 5.32 Å². The molecule has 0 bridgehead atoms. The predicted octanol–water partition coefficient (Wildman–Crippen LogP) is 2.94. The molecular formula is C14H15NO3. The first-order chi connectivity index (χ1) is 8.66. The first kappa shape index (κ1) is 12.2. The third kappa shape index (κ3) is 2.91. The first-order valence-corrected chi connectivity index (χ1v) is 5.77. The SMILES string of the molecule is Cc1ccc(NCCc2ccco2)c(C(=O)O)c1. The summed E-state index contributed by atoms with van der Waals surface area (Å²) >= 11 is 0. The average Bonchev–Trinajstić information content (AvgIpc) is 2.84. The minimum absolute atomic E-state index is 0.300. The van der Waals surface area contributed by atoms with Crippen LogP contribution in [0.25, 0.3) is 0 Å². The molecule has 0 fully saturated rings. The van der Waals surface area contributed by atoms with E-state index in [0.29, 0.717) is 17.8 Å². The van der Waals surface area contributed by atoms with Crippen molar-refractivity contribution in [2.75, 3.05) is 11.9 Å². The molecule has 0 aliphatic carbocycles. The number of carbonyl (C=O) groups is 1. The lowest BCUT2D eigenvalue weighted by molar-refractivity contribution is 0.0698. The van der Waals surface area contributed by atoms with Crippen LogP contribution in [0.1, 0.15) is 21.7 Å². The van der Waals surface area contributed by atoms with E-state index >= 15 is 0 Å². The number of carboxylic acid groups (broad SMARTS) is 1. The zero-order chi connectivity index (χ0) is 13.0. The van der Waals surface area contributed by atoms with Crippen LogP contribution in [0.2, 0.25) is 0 Å². The molecular weight excluding hydrogens is 230 g/mol. The van der Waals surface area contributed by atoms with Crippen LogP contribution in [-0.2, 0) is 6.42 Å². The Kier molecular flexibility index (Phi) is 3.67. The van der Waals surface area contributed by atoms with Crippen molar-refractivity contribution in [3.8, 4) is 0 Å². The van der Waals surface area contributed by atoms with E-state index in [0.717, 1.165) is 17.7 Å². The van der Waals surface area contributed by atoms with Gasteiger partial charge in [-0.2, -0.15) is 0 Å². The molecule has 0 amide bonds. The average molecular weight is 245 g/mol. The molecule has 1 heterocycles. The Balaban J connectivity index is 2.02. The second kappa shape index (κ2) is 5.40. The lowest BCUT2D eigenvalue weighted by Crippen LogP contribution is -2.09. The lowest BCUT2D eigenvalue weighted by Gasteiger charge is -2.09. The number of carboxylic acids is 1. The van der Waals surface area contributed by atoms with Crippen LogP contribution in [0.3, 0.4) is 0 Å². The van der Waals surface area contributed by atoms with E-state index in [1.807, 2.05) is 25.1 Å². The monoisotopic (exact) mass is 245 g/mol. The molecule has 0 unspecified atom stereocenters. The number of hydrogen-bond donors (Lipinski definition) is 2. The van der Waals surface area contributed by atoms with Crippen LogP contribution in [-0.4, -0.2) is 17.6 Å². The summed E-state index contributed by atoms with van der Waals surface area (Å²) in [6.07, 6.45) is 2.35. The van der Waals surface area contributed by atoms with E-state index in [4.69, 9.17) is 9.52 Å². The lowest BCUT2D eigenvalue weighted by atomic mass is 10.1. The van der Waals surface area contributed by atoms with E-state index in [1.54, 1.807) is 18.4 Å². The van der Waals surface area contributed by atoms with E-state index in [1.165, 1.54) is 0 Å². The largest absolute Gasteiger partial charge is 0.478 e. The fraction of sp³-hybridized carbons (Fsp3) is 0.214. The second-order valence-corrected chi connectivity index (χ2v) is 4.11. The van der Waals surface area contributed by atoms with Crippen molar-refractivity contribution >= 4 is 11.7 Å². The zero-order valence-electron chi connectivity index (χ0n) is 10.1. The summed E-state index contributed by atoms with van der Waals surface area (Å²) in [4.78, 5) is 11.1. The summed E-state index contributed by atoms with van der Waals surface area (Å²) in [5.41, 5.74) is 1.87. The quantitative estimate of drug-likeness (QED) is 0.850. The van der Waals surface area contributed by atoms with Crippen molar-refractivity contribution in [2.45, 2.75) is 13.3 Å². The molecule has 4 heteroatoms. The number of aryl methyl sites for hydroxylation is 1. The first-order valence-electron chi connectivity index (χ1n) is 5.77. The van der Waals surface area contributed by atoms with Gasteiger partial charge in [-0.15, -0.1) is 0 Å². The van der Waals surface area contributed by atoms with Crippen LogP contribution in [0.15, 0.2) is 41.0 Å². The van der Waals surface area contributed by atoms with E-state index < -0.39 is 5.97 Å². The molecule has 0 aliphatic rings. The summed E-state index contributed by atoms with van der Waals surface area (Å²) < 4.78 is 5.21. The normalized spacial score (nSPS) is 10.3. The molecule has 18 heavy (non-hydrogen) atoms. The standard InChI is InChI=1S/C14H15NO3/c1-10-4-5-13(12(9-10)14(16)17)15-7-6-11-3-2-8-18-11/h2-5,8-9,15H,6-7H2,1H3,(H,16,17). The smallest absolute Gasteiger partial charge is 0.337 e. The summed E-state index contributed by atoms with van der Waals surface area (Å²) in [5, 5.41) is 12.2. The number of nitrogens with one attached hydrogen (secondary N) is 1. The van der Waals surface area contributed by atoms with Gasteiger partial charge in [-0.3, -0.25) is 0 Å². The van der Waals surface area contributed by atoms with Gasteiger partial charge in [0.15, 0.2) is 0 Å². The minimum atomic E-state index is -0.917. The predicted molar refractivity (Wildman–Crippen MR) is 69.0 cm³/mol. The number of anilines is 1. The van der Waals surface area contributed by atoms with Gasteiger partial charge in [0, 0.05) is 18.7 Å². The third-order valence-electron chi connectivity index (χ3n) is 2.67. The molecule has 0 atom stereocenters. The highest BCUT2D eigenvalue weighted by molar-refractivity contribution is 5.94. The summed E-state index contributed by atoms with van der Waals surface area (Å²) in [6.45, 7) is 2.51. The summed E-state index contributed by atoms with van der Waals surface area (Å²) in [7, 11) is 0. The Hall–Kier alpha value is -2.23. The van der Waals surface area contributed by atoms with Crippen molar-refractivity contribution in [2.24, 2.45) is 0 Å². The molecule has 0 spiro atoms.